The normalized spacial score (nSPS) is 22.9. The molecule has 1 saturated heterocycles. The van der Waals surface area contributed by atoms with E-state index in [-0.39, 0.29) is 40.6 Å². The second kappa shape index (κ2) is 17.4. The minimum Gasteiger partial charge on any atom is -0.464 e. The Morgan fingerprint density at radius 2 is 1.83 bits per heavy atom. The summed E-state index contributed by atoms with van der Waals surface area (Å²) in [4.78, 5) is 68.6. The number of carbonyl (C=O) groups excluding carboxylic acids is 2. The van der Waals surface area contributed by atoms with Crippen molar-refractivity contribution in [2.75, 3.05) is 38.0 Å². The first kappa shape index (κ1) is 40.0. The van der Waals surface area contributed by atoms with Crippen molar-refractivity contribution in [2.24, 2.45) is 5.92 Å². The number of ether oxygens (including phenoxy) is 2. The largest absolute Gasteiger partial charge is 0.464 e. The standard InChI is InChI=1S/C25H42ClN7O13P2/c1-4-6-15(7-5-2)11-43-24(38)14(3)33(47(39,40)44-9-8-28-17(34)10-26)48(41,42)45-12-16-19(35)20(36)23(46-16)32-13-29-18-21(32)30-25(27)31-22(18)37/h13-16,19-20,23,35-36H,4-12H2,1-3H3,(H,28,34)(H,39,40)(H,41,42)(H3,27,30,31,37)/t14-,16+,19+,20+,23+/m0/s1. The minimum atomic E-state index is -5.49. The van der Waals surface area contributed by atoms with Crippen molar-refractivity contribution < 1.29 is 57.2 Å². The molecule has 0 bridgehead atoms. The Morgan fingerprint density at radius 3 is 2.46 bits per heavy atom. The lowest BCUT2D eigenvalue weighted by atomic mass is 9.99. The van der Waals surface area contributed by atoms with Crippen LogP contribution in [-0.4, -0.2) is 112 Å². The van der Waals surface area contributed by atoms with Crippen LogP contribution in [0.3, 0.4) is 0 Å². The minimum absolute atomic E-state index is 0.0116. The average Bonchev–Trinajstić information content (AvgIpc) is 3.56. The van der Waals surface area contributed by atoms with Crippen LogP contribution in [0.5, 0.6) is 0 Å². The van der Waals surface area contributed by atoms with E-state index in [1.54, 1.807) is 0 Å². The lowest BCUT2D eigenvalue weighted by Gasteiger charge is -2.33. The van der Waals surface area contributed by atoms with Crippen molar-refractivity contribution in [2.45, 2.75) is 77.0 Å². The number of anilines is 1. The molecule has 0 radical (unpaired) electrons. The molecule has 48 heavy (non-hydrogen) atoms. The number of nitrogen functional groups attached to an aromatic ring is 1. The van der Waals surface area contributed by atoms with Crippen LogP contribution in [0, 0.1) is 5.92 Å². The number of hydrogen-bond donors (Lipinski definition) is 7. The number of aliphatic hydroxyl groups excluding tert-OH is 2. The number of carbonyl (C=O) groups is 2. The van der Waals surface area contributed by atoms with Crippen LogP contribution in [0.4, 0.5) is 5.95 Å². The van der Waals surface area contributed by atoms with Gasteiger partial charge in [0.25, 0.3) is 5.56 Å². The number of alkyl halides is 1. The molecule has 7 atom stereocenters. The molecule has 3 heterocycles. The fourth-order valence-corrected chi connectivity index (χ4v) is 8.56. The Hall–Kier alpha value is -2.48. The number of nitrogens with zero attached hydrogens (tertiary/aromatic N) is 4. The summed E-state index contributed by atoms with van der Waals surface area (Å²) in [5.41, 5.74) is 4.68. The maximum absolute atomic E-state index is 13.6. The van der Waals surface area contributed by atoms with E-state index in [2.05, 4.69) is 20.3 Å². The molecule has 23 heteroatoms. The third-order valence-corrected chi connectivity index (χ3v) is 11.7. The number of nitrogens with one attached hydrogen (secondary N) is 2. The highest BCUT2D eigenvalue weighted by molar-refractivity contribution is 7.66. The van der Waals surface area contributed by atoms with Gasteiger partial charge in [0.1, 0.15) is 30.2 Å². The van der Waals surface area contributed by atoms with Crippen LogP contribution in [0.1, 0.15) is 52.7 Å². The zero-order valence-electron chi connectivity index (χ0n) is 26.5. The topological polar surface area (TPSA) is 291 Å². The number of aromatic amines is 1. The SMILES string of the molecule is CCCC(CCC)COC(=O)[C@H](C)N(P(=O)(O)OCCNC(=O)CCl)P(=O)(O)OC[C@H]1O[C@@H](n2cnc3c(=O)[nH]c(N)nc32)[C@H](O)[C@@H]1O. The van der Waals surface area contributed by atoms with Gasteiger partial charge in [-0.15, -0.1) is 11.6 Å². The number of esters is 1. The summed E-state index contributed by atoms with van der Waals surface area (Å²) in [7, 11) is -10.9. The Labute approximate surface area is 280 Å². The second-order valence-corrected chi connectivity index (χ2v) is 14.9. The molecule has 1 fully saturated rings. The number of H-pyrrole nitrogens is 1. The van der Waals surface area contributed by atoms with Crippen LogP contribution in [0.25, 0.3) is 11.2 Å². The maximum atomic E-state index is 13.6. The number of hydrogen-bond acceptors (Lipinski definition) is 14. The Morgan fingerprint density at radius 1 is 1.19 bits per heavy atom. The van der Waals surface area contributed by atoms with Gasteiger partial charge in [-0.25, -0.2) is 14.1 Å². The number of imidazole rings is 1. The molecule has 0 spiro atoms. The summed E-state index contributed by atoms with van der Waals surface area (Å²) < 4.78 is 49.2. The number of halogens is 1. The van der Waals surface area contributed by atoms with E-state index in [4.69, 9.17) is 35.9 Å². The highest BCUT2D eigenvalue weighted by Crippen LogP contribution is 2.65. The third kappa shape index (κ3) is 9.82. The summed E-state index contributed by atoms with van der Waals surface area (Å²) in [6.07, 6.45) is -2.20. The number of aromatic nitrogens is 4. The molecule has 272 valence electrons. The second-order valence-electron chi connectivity index (χ2n) is 11.0. The average molecular weight is 746 g/mol. The van der Waals surface area contributed by atoms with Gasteiger partial charge in [0, 0.05) is 6.54 Å². The van der Waals surface area contributed by atoms with E-state index in [0.717, 1.165) is 43.5 Å². The van der Waals surface area contributed by atoms with Gasteiger partial charge < -0.3 is 40.5 Å². The van der Waals surface area contributed by atoms with Gasteiger partial charge in [-0.05, 0) is 25.7 Å². The van der Waals surface area contributed by atoms with Crippen molar-refractivity contribution in [3.8, 4) is 0 Å². The quantitative estimate of drug-likeness (QED) is 0.0442. The summed E-state index contributed by atoms with van der Waals surface area (Å²) in [5, 5.41) is 23.7. The number of rotatable bonds is 19. The molecule has 0 aromatic carbocycles. The summed E-state index contributed by atoms with van der Waals surface area (Å²) >= 11 is 5.41. The lowest BCUT2D eigenvalue weighted by Crippen LogP contribution is -2.39. The molecule has 8 N–H and O–H groups in total. The van der Waals surface area contributed by atoms with Crippen molar-refractivity contribution in [1.82, 2.24) is 29.3 Å². The number of amides is 1. The van der Waals surface area contributed by atoms with Crippen molar-refractivity contribution in [3.05, 3.63) is 16.7 Å². The molecule has 1 amide bonds. The van der Waals surface area contributed by atoms with Crippen LogP contribution in [0.2, 0.25) is 0 Å². The Bertz CT molecular complexity index is 1560. The Kier molecular flexibility index (Phi) is 14.5. The number of nitrogens with two attached hydrogens (primary N) is 1. The van der Waals surface area contributed by atoms with Gasteiger partial charge in [-0.2, -0.15) is 4.98 Å². The third-order valence-electron chi connectivity index (χ3n) is 7.33. The number of fused-ring (bicyclic) bond motifs is 1. The summed E-state index contributed by atoms with van der Waals surface area (Å²) in [5.74, 6) is -2.41. The molecule has 3 rings (SSSR count). The monoisotopic (exact) mass is 745 g/mol. The van der Waals surface area contributed by atoms with E-state index >= 15 is 0 Å². The molecule has 0 saturated carbocycles. The molecule has 1 aliphatic rings. The molecule has 2 aromatic heterocycles. The summed E-state index contributed by atoms with van der Waals surface area (Å²) in [6, 6.07) is -1.88. The first-order chi connectivity index (χ1) is 22.6. The first-order valence-corrected chi connectivity index (χ1v) is 18.6. The summed E-state index contributed by atoms with van der Waals surface area (Å²) in [6.45, 7) is 3.00. The van der Waals surface area contributed by atoms with E-state index in [0.29, 0.717) is 0 Å². The molecule has 2 aromatic rings. The van der Waals surface area contributed by atoms with Gasteiger partial charge in [-0.3, -0.25) is 33.0 Å². The van der Waals surface area contributed by atoms with Crippen LogP contribution in [-0.2, 0) is 37.2 Å². The highest BCUT2D eigenvalue weighted by Gasteiger charge is 2.52. The van der Waals surface area contributed by atoms with Crippen molar-refractivity contribution >= 4 is 56.1 Å². The molecule has 20 nitrogen and oxygen atoms in total. The van der Waals surface area contributed by atoms with E-state index in [9.17, 15) is 43.5 Å². The lowest BCUT2D eigenvalue weighted by molar-refractivity contribution is -0.148. The van der Waals surface area contributed by atoms with Crippen LogP contribution >= 0.6 is 27.1 Å². The van der Waals surface area contributed by atoms with E-state index < -0.39 is 82.6 Å². The van der Waals surface area contributed by atoms with Crippen LogP contribution < -0.4 is 16.6 Å². The Balaban J connectivity index is 1.81. The smallest absolute Gasteiger partial charge is 0.415 e. The van der Waals surface area contributed by atoms with Gasteiger partial charge in [0.15, 0.2) is 17.4 Å². The van der Waals surface area contributed by atoms with Gasteiger partial charge in [-0.1, -0.05) is 31.1 Å². The van der Waals surface area contributed by atoms with E-state index in [1.165, 1.54) is 0 Å². The molecule has 1 aliphatic heterocycles. The fraction of sp³-hybridized carbons (Fsp3) is 0.720. The molecular formula is C25H42ClN7O13P2. The van der Waals surface area contributed by atoms with Crippen molar-refractivity contribution in [1.29, 1.82) is 0 Å². The zero-order chi connectivity index (χ0) is 35.8. The molecular weight excluding hydrogens is 704 g/mol. The maximum Gasteiger partial charge on any atom is 0.415 e. The van der Waals surface area contributed by atoms with Gasteiger partial charge in [0.2, 0.25) is 11.9 Å². The zero-order valence-corrected chi connectivity index (χ0v) is 29.1. The number of aliphatic hydroxyl groups is 2. The molecule has 2 unspecified atom stereocenters. The molecule has 0 aliphatic carbocycles. The predicted molar refractivity (Wildman–Crippen MR) is 169 cm³/mol. The highest BCUT2D eigenvalue weighted by atomic mass is 35.5. The van der Waals surface area contributed by atoms with Crippen molar-refractivity contribution in [3.63, 3.8) is 0 Å². The van der Waals surface area contributed by atoms with Gasteiger partial charge in [0.05, 0.1) is 26.1 Å². The van der Waals surface area contributed by atoms with Crippen LogP contribution in [0.15, 0.2) is 11.1 Å². The predicted octanol–water partition coefficient (Wildman–Crippen LogP) is 0.360. The first-order valence-electron chi connectivity index (χ1n) is 15.1. The van der Waals surface area contributed by atoms with E-state index in [1.807, 2.05) is 13.8 Å². The fourth-order valence-electron chi connectivity index (χ4n) is 5.04. The van der Waals surface area contributed by atoms with Gasteiger partial charge >= 0.3 is 21.5 Å².